The van der Waals surface area contributed by atoms with Crippen molar-refractivity contribution in [2.75, 3.05) is 11.9 Å². The minimum atomic E-state index is 0.705. The fourth-order valence-electron chi connectivity index (χ4n) is 1.01. The van der Waals surface area contributed by atoms with Crippen LogP contribution in [0.4, 0.5) is 5.13 Å². The molecular weight excluding hydrogens is 236 g/mol. The third-order valence-electron chi connectivity index (χ3n) is 1.63. The molecule has 0 radical (unpaired) electrons. The molecular formula is C7H8N4S3. The lowest BCUT2D eigenvalue weighted by Crippen LogP contribution is -2.15. The van der Waals surface area contributed by atoms with E-state index in [1.807, 2.05) is 23.7 Å². The Labute approximate surface area is 94.2 Å². The Kier molecular flexibility index (Phi) is 2.90. The number of aromatic nitrogens is 3. The van der Waals surface area contributed by atoms with Crippen LogP contribution >= 0.6 is 34.9 Å². The van der Waals surface area contributed by atoms with Gasteiger partial charge in [0.05, 0.1) is 12.1 Å². The molecule has 0 saturated carbocycles. The standard InChI is InChI=1S/C7H8N4S3/c1-11(3-5-2-8-4-13-5)6-9-10-7(12)14-6/h2,4H,3H2,1H3,(H,10,12). The van der Waals surface area contributed by atoms with Crippen molar-refractivity contribution in [1.82, 2.24) is 15.2 Å². The molecule has 0 aromatic carbocycles. The number of nitrogens with zero attached hydrogens (tertiary/aromatic N) is 3. The van der Waals surface area contributed by atoms with E-state index >= 15 is 0 Å². The Morgan fingerprint density at radius 1 is 1.64 bits per heavy atom. The Balaban J connectivity index is 2.10. The molecule has 0 aliphatic rings. The minimum absolute atomic E-state index is 0.705. The lowest BCUT2D eigenvalue weighted by molar-refractivity contribution is 0.903. The summed E-state index contributed by atoms with van der Waals surface area (Å²) in [6.07, 6.45) is 1.87. The molecule has 2 heterocycles. The number of aromatic amines is 1. The normalized spacial score (nSPS) is 10.4. The second-order valence-corrected chi connectivity index (χ2v) is 5.33. The predicted octanol–water partition coefficient (Wildman–Crippen LogP) is 2.29. The Bertz CT molecular complexity index is 443. The summed E-state index contributed by atoms with van der Waals surface area (Å²) in [5.41, 5.74) is 1.83. The van der Waals surface area contributed by atoms with Crippen LogP contribution in [0.3, 0.4) is 0 Å². The smallest absolute Gasteiger partial charge is 0.206 e. The van der Waals surface area contributed by atoms with Gasteiger partial charge < -0.3 is 4.90 Å². The zero-order valence-corrected chi connectivity index (χ0v) is 9.88. The van der Waals surface area contributed by atoms with Gasteiger partial charge in [0.15, 0.2) is 3.95 Å². The first-order valence-electron chi connectivity index (χ1n) is 3.90. The summed E-state index contributed by atoms with van der Waals surface area (Å²) < 4.78 is 0.705. The summed E-state index contributed by atoms with van der Waals surface area (Å²) in [6, 6.07) is 0. The van der Waals surface area contributed by atoms with E-state index in [4.69, 9.17) is 12.2 Å². The lowest BCUT2D eigenvalue weighted by atomic mass is 10.5. The molecule has 1 N–H and O–H groups in total. The number of hydrogen-bond acceptors (Lipinski definition) is 6. The van der Waals surface area contributed by atoms with Crippen LogP contribution in [0.2, 0.25) is 0 Å². The Hall–Kier alpha value is -0.790. The molecule has 74 valence electrons. The first kappa shape index (κ1) is 9.75. The van der Waals surface area contributed by atoms with Gasteiger partial charge in [-0.05, 0) is 12.2 Å². The van der Waals surface area contributed by atoms with Crippen LogP contribution in [0.1, 0.15) is 4.88 Å². The molecule has 2 rings (SSSR count). The SMILES string of the molecule is CN(Cc1cncs1)c1n[nH]c(=S)s1. The zero-order valence-electron chi connectivity index (χ0n) is 7.43. The van der Waals surface area contributed by atoms with Crippen LogP contribution in [0, 0.1) is 3.95 Å². The fourth-order valence-corrected chi connectivity index (χ4v) is 2.49. The average Bonchev–Trinajstić information content (AvgIpc) is 2.75. The molecule has 0 fully saturated rings. The average molecular weight is 244 g/mol. The highest BCUT2D eigenvalue weighted by Crippen LogP contribution is 2.19. The van der Waals surface area contributed by atoms with E-state index in [-0.39, 0.29) is 0 Å². The number of thiazole rings is 1. The first-order chi connectivity index (χ1) is 6.75. The molecule has 0 saturated heterocycles. The maximum atomic E-state index is 4.96. The molecule has 0 amide bonds. The van der Waals surface area contributed by atoms with Crippen LogP contribution in [-0.2, 0) is 6.54 Å². The van der Waals surface area contributed by atoms with Gasteiger partial charge in [0, 0.05) is 18.1 Å². The van der Waals surface area contributed by atoms with E-state index in [1.54, 1.807) is 11.3 Å². The van der Waals surface area contributed by atoms with E-state index in [1.165, 1.54) is 16.2 Å². The van der Waals surface area contributed by atoms with Crippen molar-refractivity contribution < 1.29 is 0 Å². The van der Waals surface area contributed by atoms with Gasteiger partial charge in [-0.25, -0.2) is 0 Å². The number of hydrogen-bond donors (Lipinski definition) is 1. The van der Waals surface area contributed by atoms with Crippen molar-refractivity contribution in [3.8, 4) is 0 Å². The highest BCUT2D eigenvalue weighted by Gasteiger charge is 2.06. The first-order valence-corrected chi connectivity index (χ1v) is 6.00. The van der Waals surface area contributed by atoms with Crippen molar-refractivity contribution in [2.45, 2.75) is 6.54 Å². The van der Waals surface area contributed by atoms with Gasteiger partial charge in [0.1, 0.15) is 0 Å². The van der Waals surface area contributed by atoms with Crippen molar-refractivity contribution in [3.63, 3.8) is 0 Å². The molecule has 0 unspecified atom stereocenters. The number of nitrogens with one attached hydrogen (secondary N) is 1. The summed E-state index contributed by atoms with van der Waals surface area (Å²) in [5, 5.41) is 7.76. The summed E-state index contributed by atoms with van der Waals surface area (Å²) >= 11 is 8.08. The Morgan fingerprint density at radius 2 is 2.50 bits per heavy atom. The van der Waals surface area contributed by atoms with Gasteiger partial charge >= 0.3 is 0 Å². The van der Waals surface area contributed by atoms with E-state index in [9.17, 15) is 0 Å². The van der Waals surface area contributed by atoms with Crippen LogP contribution in [0.25, 0.3) is 0 Å². The van der Waals surface area contributed by atoms with Gasteiger partial charge in [-0.3, -0.25) is 10.1 Å². The van der Waals surface area contributed by atoms with Gasteiger partial charge in [-0.2, -0.15) is 0 Å². The van der Waals surface area contributed by atoms with Gasteiger partial charge in [-0.15, -0.1) is 16.4 Å². The molecule has 2 aromatic heterocycles. The number of rotatable bonds is 3. The lowest BCUT2D eigenvalue weighted by Gasteiger charge is -2.12. The number of anilines is 1. The molecule has 2 aromatic rings. The quantitative estimate of drug-likeness (QED) is 0.841. The second kappa shape index (κ2) is 4.16. The summed E-state index contributed by atoms with van der Waals surface area (Å²) in [5.74, 6) is 0. The topological polar surface area (TPSA) is 44.8 Å². The molecule has 0 aliphatic carbocycles. The predicted molar refractivity (Wildman–Crippen MR) is 61.5 cm³/mol. The van der Waals surface area contributed by atoms with E-state index in [2.05, 4.69) is 15.2 Å². The van der Waals surface area contributed by atoms with Crippen LogP contribution < -0.4 is 4.90 Å². The molecule has 0 atom stereocenters. The highest BCUT2D eigenvalue weighted by atomic mass is 32.1. The second-order valence-electron chi connectivity index (χ2n) is 2.72. The maximum absolute atomic E-state index is 4.96. The maximum Gasteiger partial charge on any atom is 0.206 e. The molecule has 4 nitrogen and oxygen atoms in total. The largest absolute Gasteiger partial charge is 0.345 e. The van der Waals surface area contributed by atoms with Crippen molar-refractivity contribution in [1.29, 1.82) is 0 Å². The van der Waals surface area contributed by atoms with Crippen LogP contribution in [0.15, 0.2) is 11.7 Å². The van der Waals surface area contributed by atoms with Gasteiger partial charge in [-0.1, -0.05) is 11.3 Å². The highest BCUT2D eigenvalue weighted by molar-refractivity contribution is 7.73. The summed E-state index contributed by atoms with van der Waals surface area (Å²) in [7, 11) is 1.99. The fraction of sp³-hybridized carbons (Fsp3) is 0.286. The van der Waals surface area contributed by atoms with Crippen molar-refractivity contribution >= 4 is 40.0 Å². The molecule has 14 heavy (non-hydrogen) atoms. The monoisotopic (exact) mass is 244 g/mol. The van der Waals surface area contributed by atoms with Crippen molar-refractivity contribution in [3.05, 3.63) is 20.5 Å². The van der Waals surface area contributed by atoms with Crippen molar-refractivity contribution in [2.24, 2.45) is 0 Å². The van der Waals surface area contributed by atoms with Gasteiger partial charge in [0.2, 0.25) is 5.13 Å². The van der Waals surface area contributed by atoms with E-state index in [0.717, 1.165) is 11.7 Å². The third-order valence-corrected chi connectivity index (χ3v) is 3.60. The minimum Gasteiger partial charge on any atom is -0.345 e. The zero-order chi connectivity index (χ0) is 9.97. The van der Waals surface area contributed by atoms with Crippen LogP contribution in [-0.4, -0.2) is 22.2 Å². The van der Waals surface area contributed by atoms with E-state index in [0.29, 0.717) is 3.95 Å². The summed E-state index contributed by atoms with van der Waals surface area (Å²) in [6.45, 7) is 0.820. The van der Waals surface area contributed by atoms with Gasteiger partial charge in [0.25, 0.3) is 0 Å². The molecule has 7 heteroatoms. The molecule has 0 bridgehead atoms. The number of H-pyrrole nitrogens is 1. The molecule has 0 aliphatic heterocycles. The Morgan fingerprint density at radius 3 is 3.07 bits per heavy atom. The van der Waals surface area contributed by atoms with Crippen LogP contribution in [0.5, 0.6) is 0 Å². The van der Waals surface area contributed by atoms with E-state index < -0.39 is 0 Å². The third kappa shape index (κ3) is 2.17. The molecule has 0 spiro atoms. The summed E-state index contributed by atoms with van der Waals surface area (Å²) in [4.78, 5) is 7.28.